The molecular weight excluding hydrogens is 374 g/mol. The number of aryl methyl sites for hydroxylation is 1. The topological polar surface area (TPSA) is 75.6 Å². The highest BCUT2D eigenvalue weighted by molar-refractivity contribution is 5.87. The molecule has 5 aromatic rings. The van der Waals surface area contributed by atoms with Crippen LogP contribution in [0.3, 0.4) is 0 Å². The standard InChI is InChI=1S/C24H21N5O/c1-15-7-6-8-17-13-20(29(24(30)21(15)17)18-9-4-3-5-10-18)16(2)28-23-19-11-12-25-22(19)26-14-27-23/h3-14,16H,1-2H3,(H2,25,26,27,28). The first-order chi connectivity index (χ1) is 14.6. The van der Waals surface area contributed by atoms with E-state index < -0.39 is 0 Å². The van der Waals surface area contributed by atoms with Gasteiger partial charge in [0.1, 0.15) is 17.8 Å². The number of benzene rings is 2. The van der Waals surface area contributed by atoms with Crippen molar-refractivity contribution in [2.45, 2.75) is 19.9 Å². The van der Waals surface area contributed by atoms with Crippen molar-refractivity contribution >= 4 is 27.6 Å². The SMILES string of the molecule is Cc1cccc2cc(C(C)Nc3ncnc4[nH]ccc34)n(-c3ccccc3)c(=O)c12. The van der Waals surface area contributed by atoms with E-state index in [9.17, 15) is 4.79 Å². The van der Waals surface area contributed by atoms with Crippen LogP contribution in [0.5, 0.6) is 0 Å². The summed E-state index contributed by atoms with van der Waals surface area (Å²) in [5.41, 5.74) is 3.43. The number of H-pyrrole nitrogens is 1. The summed E-state index contributed by atoms with van der Waals surface area (Å²) in [5, 5.41) is 6.06. The molecule has 6 nitrogen and oxygen atoms in total. The molecule has 0 aliphatic rings. The predicted molar refractivity (Wildman–Crippen MR) is 120 cm³/mol. The van der Waals surface area contributed by atoms with Gasteiger partial charge in [-0.2, -0.15) is 0 Å². The van der Waals surface area contributed by atoms with Crippen molar-refractivity contribution in [3.05, 3.63) is 94.8 Å². The summed E-state index contributed by atoms with van der Waals surface area (Å²) in [5.74, 6) is 0.727. The summed E-state index contributed by atoms with van der Waals surface area (Å²) in [6, 6.07) is 19.6. The van der Waals surface area contributed by atoms with Crippen molar-refractivity contribution in [2.75, 3.05) is 5.32 Å². The summed E-state index contributed by atoms with van der Waals surface area (Å²) < 4.78 is 1.79. The van der Waals surface area contributed by atoms with E-state index in [1.54, 1.807) is 4.57 Å². The summed E-state index contributed by atoms with van der Waals surface area (Å²) in [6.07, 6.45) is 3.37. The Morgan fingerprint density at radius 3 is 2.70 bits per heavy atom. The van der Waals surface area contributed by atoms with E-state index in [0.29, 0.717) is 0 Å². The Labute approximate surface area is 173 Å². The van der Waals surface area contributed by atoms with Gasteiger partial charge in [-0.05, 0) is 49.1 Å². The second-order valence-electron chi connectivity index (χ2n) is 7.41. The van der Waals surface area contributed by atoms with E-state index in [0.717, 1.165) is 44.6 Å². The molecule has 1 unspecified atom stereocenters. The van der Waals surface area contributed by atoms with E-state index >= 15 is 0 Å². The smallest absolute Gasteiger partial charge is 0.263 e. The van der Waals surface area contributed by atoms with Gasteiger partial charge in [-0.3, -0.25) is 9.36 Å². The zero-order chi connectivity index (χ0) is 20.7. The van der Waals surface area contributed by atoms with Gasteiger partial charge >= 0.3 is 0 Å². The van der Waals surface area contributed by atoms with Gasteiger partial charge in [0.2, 0.25) is 0 Å². The Morgan fingerprint density at radius 1 is 1.03 bits per heavy atom. The lowest BCUT2D eigenvalue weighted by atomic mass is 10.0. The van der Waals surface area contributed by atoms with Gasteiger partial charge in [-0.25, -0.2) is 9.97 Å². The number of para-hydroxylation sites is 1. The quantitative estimate of drug-likeness (QED) is 0.461. The van der Waals surface area contributed by atoms with Crippen LogP contribution in [0.2, 0.25) is 0 Å². The molecule has 0 aliphatic heterocycles. The molecule has 0 aliphatic carbocycles. The molecule has 0 saturated carbocycles. The van der Waals surface area contributed by atoms with Gasteiger partial charge in [0, 0.05) is 17.6 Å². The molecule has 0 radical (unpaired) electrons. The minimum atomic E-state index is -0.171. The molecule has 5 rings (SSSR count). The van der Waals surface area contributed by atoms with Crippen LogP contribution in [0.15, 0.2) is 78.0 Å². The first-order valence-corrected chi connectivity index (χ1v) is 9.89. The van der Waals surface area contributed by atoms with E-state index in [4.69, 9.17) is 0 Å². The number of aromatic nitrogens is 4. The summed E-state index contributed by atoms with van der Waals surface area (Å²) in [7, 11) is 0. The number of anilines is 1. The van der Waals surface area contributed by atoms with Crippen LogP contribution in [0.1, 0.15) is 24.2 Å². The number of pyridine rings is 1. The number of hydrogen-bond acceptors (Lipinski definition) is 4. The maximum absolute atomic E-state index is 13.6. The molecule has 2 aromatic carbocycles. The molecule has 2 N–H and O–H groups in total. The predicted octanol–water partition coefficient (Wildman–Crippen LogP) is 4.74. The van der Waals surface area contributed by atoms with E-state index in [2.05, 4.69) is 26.3 Å². The largest absolute Gasteiger partial charge is 0.361 e. The lowest BCUT2D eigenvalue weighted by Crippen LogP contribution is -2.26. The minimum absolute atomic E-state index is 0.0186. The summed E-state index contributed by atoms with van der Waals surface area (Å²) in [6.45, 7) is 4.01. The first-order valence-electron chi connectivity index (χ1n) is 9.89. The van der Waals surface area contributed by atoms with Crippen molar-refractivity contribution < 1.29 is 0 Å². The molecular formula is C24H21N5O. The third kappa shape index (κ3) is 2.93. The average molecular weight is 395 g/mol. The van der Waals surface area contributed by atoms with Crippen molar-refractivity contribution in [3.63, 3.8) is 0 Å². The number of hydrogen-bond donors (Lipinski definition) is 2. The second-order valence-corrected chi connectivity index (χ2v) is 7.41. The minimum Gasteiger partial charge on any atom is -0.361 e. The van der Waals surface area contributed by atoms with Crippen LogP contribution in [-0.2, 0) is 0 Å². The number of nitrogens with one attached hydrogen (secondary N) is 2. The molecule has 3 heterocycles. The van der Waals surface area contributed by atoms with Gasteiger partial charge in [-0.15, -0.1) is 0 Å². The van der Waals surface area contributed by atoms with Crippen molar-refractivity contribution in [3.8, 4) is 5.69 Å². The monoisotopic (exact) mass is 395 g/mol. The number of rotatable bonds is 4. The van der Waals surface area contributed by atoms with Gasteiger partial charge in [0.05, 0.1) is 16.8 Å². The zero-order valence-corrected chi connectivity index (χ0v) is 16.8. The van der Waals surface area contributed by atoms with Crippen LogP contribution in [-0.4, -0.2) is 19.5 Å². The molecule has 0 bridgehead atoms. The highest BCUT2D eigenvalue weighted by atomic mass is 16.1. The van der Waals surface area contributed by atoms with Crippen LogP contribution in [0.4, 0.5) is 5.82 Å². The van der Waals surface area contributed by atoms with Gasteiger partial charge in [0.25, 0.3) is 5.56 Å². The Kier molecular flexibility index (Phi) is 4.32. The number of aromatic amines is 1. The van der Waals surface area contributed by atoms with E-state index in [1.165, 1.54) is 6.33 Å². The maximum Gasteiger partial charge on any atom is 0.263 e. The number of fused-ring (bicyclic) bond motifs is 2. The lowest BCUT2D eigenvalue weighted by Gasteiger charge is -2.22. The molecule has 0 amide bonds. The van der Waals surface area contributed by atoms with Crippen molar-refractivity contribution in [1.29, 1.82) is 0 Å². The van der Waals surface area contributed by atoms with Gasteiger partial charge in [-0.1, -0.05) is 36.4 Å². The van der Waals surface area contributed by atoms with Crippen LogP contribution >= 0.6 is 0 Å². The van der Waals surface area contributed by atoms with Gasteiger partial charge in [0.15, 0.2) is 0 Å². The molecule has 0 saturated heterocycles. The number of nitrogens with zero attached hydrogens (tertiary/aromatic N) is 3. The first kappa shape index (κ1) is 18.1. The highest BCUT2D eigenvalue weighted by Gasteiger charge is 2.18. The third-order valence-corrected chi connectivity index (χ3v) is 5.45. The van der Waals surface area contributed by atoms with Gasteiger partial charge < -0.3 is 10.3 Å². The molecule has 6 heteroatoms. The molecule has 0 fully saturated rings. The summed E-state index contributed by atoms with van der Waals surface area (Å²) in [4.78, 5) is 25.4. The van der Waals surface area contributed by atoms with Crippen LogP contribution in [0, 0.1) is 6.92 Å². The average Bonchev–Trinajstić information content (AvgIpc) is 3.24. The highest BCUT2D eigenvalue weighted by Crippen LogP contribution is 2.27. The summed E-state index contributed by atoms with van der Waals surface area (Å²) >= 11 is 0. The molecule has 148 valence electrons. The van der Waals surface area contributed by atoms with Crippen LogP contribution in [0.25, 0.3) is 27.5 Å². The molecule has 1 atom stereocenters. The van der Waals surface area contributed by atoms with E-state index in [-0.39, 0.29) is 11.6 Å². The molecule has 3 aromatic heterocycles. The third-order valence-electron chi connectivity index (χ3n) is 5.45. The Morgan fingerprint density at radius 2 is 1.87 bits per heavy atom. The normalized spacial score (nSPS) is 12.3. The fourth-order valence-electron chi connectivity index (χ4n) is 3.98. The Hall–Kier alpha value is -3.93. The Bertz CT molecular complexity index is 1420. The fraction of sp³-hybridized carbons (Fsp3) is 0.125. The zero-order valence-electron chi connectivity index (χ0n) is 16.8. The maximum atomic E-state index is 13.6. The lowest BCUT2D eigenvalue weighted by molar-refractivity contribution is 0.774. The van der Waals surface area contributed by atoms with E-state index in [1.807, 2.05) is 74.6 Å². The molecule has 30 heavy (non-hydrogen) atoms. The Balaban J connectivity index is 1.71. The molecule has 0 spiro atoms. The van der Waals surface area contributed by atoms with Crippen molar-refractivity contribution in [1.82, 2.24) is 19.5 Å². The van der Waals surface area contributed by atoms with Crippen LogP contribution < -0.4 is 10.9 Å². The van der Waals surface area contributed by atoms with Crippen molar-refractivity contribution in [2.24, 2.45) is 0 Å². The fourth-order valence-corrected chi connectivity index (χ4v) is 3.98. The second kappa shape index (κ2) is 7.15.